The number of rotatable bonds is 5. The third-order valence-electron chi connectivity index (χ3n) is 3.91. The molecule has 1 saturated heterocycles. The number of hydrogen-bond acceptors (Lipinski definition) is 1. The number of hydrogen-bond donors (Lipinski definition) is 0. The lowest BCUT2D eigenvalue weighted by molar-refractivity contribution is -0.00293. The van der Waals surface area contributed by atoms with E-state index in [1.54, 1.807) is 0 Å². The van der Waals surface area contributed by atoms with Crippen molar-refractivity contribution in [1.82, 2.24) is 4.57 Å². The highest BCUT2D eigenvalue weighted by atomic mass is 16.5. The molecule has 0 aliphatic carbocycles. The smallest absolute Gasteiger partial charge is 0.134 e. The number of aromatic nitrogens is 1. The SMILES string of the molecule is C=C(C)c1ccn(C2CCC(CCCC)O2)c1C. The van der Waals surface area contributed by atoms with Gasteiger partial charge in [0.25, 0.3) is 0 Å². The molecule has 0 aromatic carbocycles. The lowest BCUT2D eigenvalue weighted by Crippen LogP contribution is -2.12. The Hall–Kier alpha value is -1.02. The first-order chi connectivity index (χ1) is 8.63. The topological polar surface area (TPSA) is 14.2 Å². The Balaban J connectivity index is 2.03. The van der Waals surface area contributed by atoms with Crippen LogP contribution in [0.2, 0.25) is 0 Å². The zero-order valence-corrected chi connectivity index (χ0v) is 11.9. The van der Waals surface area contributed by atoms with Gasteiger partial charge < -0.3 is 9.30 Å². The summed E-state index contributed by atoms with van der Waals surface area (Å²) >= 11 is 0. The van der Waals surface area contributed by atoms with Crippen LogP contribution in [0.4, 0.5) is 0 Å². The van der Waals surface area contributed by atoms with Crippen molar-refractivity contribution in [3.8, 4) is 0 Å². The molecule has 18 heavy (non-hydrogen) atoms. The molecule has 0 saturated carbocycles. The van der Waals surface area contributed by atoms with Gasteiger partial charge in [0.15, 0.2) is 0 Å². The van der Waals surface area contributed by atoms with E-state index in [1.165, 1.54) is 36.9 Å². The molecule has 0 amide bonds. The Morgan fingerprint density at radius 2 is 2.28 bits per heavy atom. The summed E-state index contributed by atoms with van der Waals surface area (Å²) in [4.78, 5) is 0. The van der Waals surface area contributed by atoms with Gasteiger partial charge in [0.2, 0.25) is 0 Å². The third kappa shape index (κ3) is 2.69. The molecule has 1 aromatic heterocycles. The van der Waals surface area contributed by atoms with Gasteiger partial charge in [-0.15, -0.1) is 0 Å². The monoisotopic (exact) mass is 247 g/mol. The maximum Gasteiger partial charge on any atom is 0.134 e. The van der Waals surface area contributed by atoms with E-state index < -0.39 is 0 Å². The molecule has 2 nitrogen and oxygen atoms in total. The number of ether oxygens (including phenoxy) is 1. The van der Waals surface area contributed by atoms with Crippen molar-refractivity contribution < 1.29 is 4.74 Å². The first kappa shape index (κ1) is 13.4. The molecule has 100 valence electrons. The summed E-state index contributed by atoms with van der Waals surface area (Å²) in [5.41, 5.74) is 3.67. The van der Waals surface area contributed by atoms with Crippen LogP contribution in [0.1, 0.15) is 63.4 Å². The fourth-order valence-electron chi connectivity index (χ4n) is 2.82. The number of allylic oxidation sites excluding steroid dienone is 1. The molecule has 0 N–H and O–H groups in total. The Labute approximate surface area is 111 Å². The van der Waals surface area contributed by atoms with Crippen LogP contribution in [0.3, 0.4) is 0 Å². The van der Waals surface area contributed by atoms with Gasteiger partial charge in [-0.1, -0.05) is 26.3 Å². The van der Waals surface area contributed by atoms with Crippen LogP contribution in [0.5, 0.6) is 0 Å². The van der Waals surface area contributed by atoms with Crippen LogP contribution >= 0.6 is 0 Å². The summed E-state index contributed by atoms with van der Waals surface area (Å²) in [5.74, 6) is 0. The second-order valence-corrected chi connectivity index (χ2v) is 5.43. The summed E-state index contributed by atoms with van der Waals surface area (Å²) in [7, 11) is 0. The zero-order chi connectivity index (χ0) is 13.1. The Bertz CT molecular complexity index is 419. The van der Waals surface area contributed by atoms with Gasteiger partial charge in [-0.3, -0.25) is 0 Å². The summed E-state index contributed by atoms with van der Waals surface area (Å²) in [6, 6.07) is 2.15. The highest BCUT2D eigenvalue weighted by Gasteiger charge is 2.26. The van der Waals surface area contributed by atoms with Crippen LogP contribution in [0.25, 0.3) is 5.57 Å². The predicted octanol–water partition coefficient (Wildman–Crippen LogP) is 4.70. The van der Waals surface area contributed by atoms with Crippen molar-refractivity contribution in [1.29, 1.82) is 0 Å². The molecule has 2 rings (SSSR count). The maximum atomic E-state index is 6.16. The normalized spacial score (nSPS) is 23.5. The Kier molecular flexibility index (Phi) is 4.28. The van der Waals surface area contributed by atoms with Crippen LogP contribution < -0.4 is 0 Å². The van der Waals surface area contributed by atoms with E-state index in [0.717, 1.165) is 12.0 Å². The largest absolute Gasteiger partial charge is 0.355 e. The zero-order valence-electron chi connectivity index (χ0n) is 11.9. The highest BCUT2D eigenvalue weighted by molar-refractivity contribution is 5.63. The van der Waals surface area contributed by atoms with Gasteiger partial charge in [0, 0.05) is 11.9 Å². The number of unbranched alkanes of at least 4 members (excludes halogenated alkanes) is 1. The fourth-order valence-corrected chi connectivity index (χ4v) is 2.82. The summed E-state index contributed by atoms with van der Waals surface area (Å²) < 4.78 is 8.43. The van der Waals surface area contributed by atoms with Crippen molar-refractivity contribution in [2.45, 2.75) is 65.2 Å². The van der Waals surface area contributed by atoms with Gasteiger partial charge in [0.1, 0.15) is 6.23 Å². The van der Waals surface area contributed by atoms with E-state index in [1.807, 2.05) is 0 Å². The van der Waals surface area contributed by atoms with Gasteiger partial charge in [-0.2, -0.15) is 0 Å². The summed E-state index contributed by atoms with van der Waals surface area (Å²) in [6.07, 6.45) is 8.92. The molecular weight excluding hydrogens is 222 g/mol. The highest BCUT2D eigenvalue weighted by Crippen LogP contribution is 2.33. The molecular formula is C16H25NO. The summed E-state index contributed by atoms with van der Waals surface area (Å²) in [6.45, 7) is 10.5. The molecule has 1 aromatic rings. The van der Waals surface area contributed by atoms with E-state index in [0.29, 0.717) is 6.10 Å². The molecule has 1 aliphatic heterocycles. The van der Waals surface area contributed by atoms with E-state index >= 15 is 0 Å². The lowest BCUT2D eigenvalue weighted by atomic mass is 10.1. The van der Waals surface area contributed by atoms with Crippen LogP contribution in [-0.4, -0.2) is 10.7 Å². The third-order valence-corrected chi connectivity index (χ3v) is 3.91. The molecule has 1 aliphatic rings. The predicted molar refractivity (Wildman–Crippen MR) is 76.5 cm³/mol. The second-order valence-electron chi connectivity index (χ2n) is 5.43. The van der Waals surface area contributed by atoms with Crippen molar-refractivity contribution in [3.05, 3.63) is 30.1 Å². The van der Waals surface area contributed by atoms with E-state index in [9.17, 15) is 0 Å². The van der Waals surface area contributed by atoms with Crippen molar-refractivity contribution in [3.63, 3.8) is 0 Å². The molecule has 2 heterocycles. The van der Waals surface area contributed by atoms with E-state index in [-0.39, 0.29) is 6.23 Å². The average Bonchev–Trinajstić information content (AvgIpc) is 2.92. The average molecular weight is 247 g/mol. The van der Waals surface area contributed by atoms with E-state index in [4.69, 9.17) is 4.74 Å². The molecule has 2 heteroatoms. The molecule has 0 spiro atoms. The van der Waals surface area contributed by atoms with E-state index in [2.05, 4.69) is 44.2 Å². The first-order valence-corrected chi connectivity index (χ1v) is 7.12. The summed E-state index contributed by atoms with van der Waals surface area (Å²) in [5, 5.41) is 0. The van der Waals surface area contributed by atoms with Crippen LogP contribution in [-0.2, 0) is 4.74 Å². The quantitative estimate of drug-likeness (QED) is 0.735. The molecule has 0 radical (unpaired) electrons. The Morgan fingerprint density at radius 3 is 2.89 bits per heavy atom. The van der Waals surface area contributed by atoms with Crippen molar-refractivity contribution in [2.75, 3.05) is 0 Å². The van der Waals surface area contributed by atoms with Crippen LogP contribution in [0.15, 0.2) is 18.8 Å². The maximum absolute atomic E-state index is 6.16. The lowest BCUT2D eigenvalue weighted by Gasteiger charge is -2.17. The minimum atomic E-state index is 0.236. The molecule has 2 atom stereocenters. The number of nitrogens with zero attached hydrogens (tertiary/aromatic N) is 1. The second kappa shape index (κ2) is 5.75. The standard InChI is InChI=1S/C16H25NO/c1-5-6-7-14-8-9-16(18-14)17-11-10-15(12(2)3)13(17)4/h10-11,14,16H,2,5-9H2,1,3-4H3. The molecule has 2 unspecified atom stereocenters. The van der Waals surface area contributed by atoms with Crippen molar-refractivity contribution in [2.24, 2.45) is 0 Å². The minimum absolute atomic E-state index is 0.236. The first-order valence-electron chi connectivity index (χ1n) is 7.12. The van der Waals surface area contributed by atoms with Crippen molar-refractivity contribution >= 4 is 5.57 Å². The molecule has 0 bridgehead atoms. The fraction of sp³-hybridized carbons (Fsp3) is 0.625. The van der Waals surface area contributed by atoms with Gasteiger partial charge in [-0.05, 0) is 50.3 Å². The molecule has 1 fully saturated rings. The van der Waals surface area contributed by atoms with Crippen LogP contribution in [0, 0.1) is 6.92 Å². The minimum Gasteiger partial charge on any atom is -0.355 e. The van der Waals surface area contributed by atoms with Gasteiger partial charge in [0.05, 0.1) is 6.10 Å². The van der Waals surface area contributed by atoms with Gasteiger partial charge in [-0.25, -0.2) is 0 Å². The van der Waals surface area contributed by atoms with Gasteiger partial charge >= 0.3 is 0 Å². The Morgan fingerprint density at radius 1 is 1.50 bits per heavy atom.